The second-order valence-corrected chi connectivity index (χ2v) is 18.7. The minimum absolute atomic E-state index is 0.0243. The molecule has 300 valence electrons. The van der Waals surface area contributed by atoms with Crippen molar-refractivity contribution in [2.75, 3.05) is 32.7 Å². The lowest BCUT2D eigenvalue weighted by atomic mass is 9.90. The zero-order valence-electron chi connectivity index (χ0n) is 30.7. The van der Waals surface area contributed by atoms with Gasteiger partial charge in [0.1, 0.15) is 24.4 Å². The molecular formula is C37H41F3N5O9S2+. The van der Waals surface area contributed by atoms with Gasteiger partial charge in [-0.1, -0.05) is 23.8 Å². The van der Waals surface area contributed by atoms with E-state index in [0.717, 1.165) is 22.9 Å². The number of carbonyl (C=O) groups is 2. The van der Waals surface area contributed by atoms with Gasteiger partial charge in [-0.2, -0.15) is 31.1 Å². The van der Waals surface area contributed by atoms with Gasteiger partial charge in [-0.25, -0.2) is 16.8 Å². The first-order valence-electron chi connectivity index (χ1n) is 18.2. The number of sulfonamides is 2. The Morgan fingerprint density at radius 2 is 1.45 bits per heavy atom. The molecule has 4 aliphatic rings. The van der Waals surface area contributed by atoms with Crippen molar-refractivity contribution in [3.63, 3.8) is 0 Å². The number of nitro benzene ring substituents is 1. The number of aryl methyl sites for hydroxylation is 2. The first-order valence-corrected chi connectivity index (χ1v) is 21.1. The van der Waals surface area contributed by atoms with Gasteiger partial charge in [0, 0.05) is 83.2 Å². The fourth-order valence-electron chi connectivity index (χ4n) is 8.82. The molecule has 0 aliphatic carbocycles. The normalized spacial score (nSPS) is 21.9. The Balaban J connectivity index is 1.14. The van der Waals surface area contributed by atoms with Gasteiger partial charge >= 0.3 is 18.2 Å². The smallest absolute Gasteiger partial charge is 0.415 e. The molecule has 0 aromatic heterocycles. The standard InChI is InChI=1S/C37H41F3N5O9S2/c1-24-3-8-33-28(19-24)23-54-36(47)45(33,31-12-17-43(18-13-31)56(52,53)34-21-29(44(48)49)6-4-25(34)2)30-10-15-42(16-11-30)55(50,51)32-7-5-26-9-14-41(22-27(26)20-32)35(46)37(38,39)40/h3-8,19-21,30-31H,9-18,22-23H2,1-2H3/q+1. The Bertz CT molecular complexity index is 2320. The van der Waals surface area contributed by atoms with Crippen LogP contribution in [0.15, 0.2) is 64.4 Å². The predicted molar refractivity (Wildman–Crippen MR) is 196 cm³/mol. The van der Waals surface area contributed by atoms with Crippen molar-refractivity contribution < 1.29 is 49.3 Å². The molecule has 4 heterocycles. The van der Waals surface area contributed by atoms with Gasteiger partial charge in [0.25, 0.3) is 5.69 Å². The largest absolute Gasteiger partial charge is 0.522 e. The van der Waals surface area contributed by atoms with Crippen LogP contribution < -0.4 is 4.48 Å². The number of cyclic esters (lactones) is 1. The van der Waals surface area contributed by atoms with Crippen LogP contribution in [0, 0.1) is 24.0 Å². The number of non-ortho nitro benzene ring substituents is 1. The molecule has 7 rings (SSSR count). The van der Waals surface area contributed by atoms with Crippen LogP contribution in [0.1, 0.15) is 53.5 Å². The number of nitrogens with zero attached hydrogens (tertiary/aromatic N) is 5. The summed E-state index contributed by atoms with van der Waals surface area (Å²) in [5, 5.41) is 11.5. The third kappa shape index (κ3) is 6.86. The molecule has 3 aromatic carbocycles. The van der Waals surface area contributed by atoms with Crippen LogP contribution in [-0.4, -0.2) is 98.3 Å². The molecule has 0 saturated carbocycles. The number of piperidine rings is 2. The van der Waals surface area contributed by atoms with E-state index in [1.165, 1.54) is 32.9 Å². The molecular weight excluding hydrogens is 780 g/mol. The number of amides is 2. The molecule has 4 aliphatic heterocycles. The maximum atomic E-state index is 14.3. The number of rotatable bonds is 7. The second kappa shape index (κ2) is 14.5. The number of quaternary nitrogens is 1. The average Bonchev–Trinajstić information content (AvgIpc) is 3.17. The summed E-state index contributed by atoms with van der Waals surface area (Å²) in [6.45, 7) is 3.13. The van der Waals surface area contributed by atoms with Crippen molar-refractivity contribution >= 4 is 43.4 Å². The van der Waals surface area contributed by atoms with E-state index in [4.69, 9.17) is 4.74 Å². The lowest BCUT2D eigenvalue weighted by molar-refractivity contribution is -0.385. The van der Waals surface area contributed by atoms with Gasteiger partial charge in [0.05, 0.1) is 20.3 Å². The van der Waals surface area contributed by atoms with E-state index in [0.29, 0.717) is 21.6 Å². The highest BCUT2D eigenvalue weighted by atomic mass is 32.2. The van der Waals surface area contributed by atoms with Gasteiger partial charge in [0.2, 0.25) is 20.0 Å². The Labute approximate surface area is 322 Å². The van der Waals surface area contributed by atoms with E-state index in [1.807, 2.05) is 25.1 Å². The van der Waals surface area contributed by atoms with Crippen LogP contribution in [0.4, 0.5) is 29.3 Å². The molecule has 2 saturated heterocycles. The van der Waals surface area contributed by atoms with Crippen molar-refractivity contribution in [2.45, 2.75) is 87.2 Å². The van der Waals surface area contributed by atoms with Gasteiger partial charge in [-0.15, -0.1) is 0 Å². The summed E-state index contributed by atoms with van der Waals surface area (Å²) in [4.78, 5) is 37.4. The summed E-state index contributed by atoms with van der Waals surface area (Å²) in [6.07, 6.45) is -4.43. The average molecular weight is 821 g/mol. The maximum Gasteiger partial charge on any atom is 0.522 e. The molecule has 2 amide bonds. The highest BCUT2D eigenvalue weighted by Crippen LogP contribution is 2.45. The van der Waals surface area contributed by atoms with Gasteiger partial charge in [-0.3, -0.25) is 14.9 Å². The van der Waals surface area contributed by atoms with Crippen molar-refractivity contribution in [1.29, 1.82) is 0 Å². The molecule has 0 spiro atoms. The second-order valence-electron chi connectivity index (χ2n) is 14.8. The van der Waals surface area contributed by atoms with Crippen LogP contribution in [0.5, 0.6) is 0 Å². The minimum Gasteiger partial charge on any atom is -0.415 e. The zero-order chi connectivity index (χ0) is 40.4. The monoisotopic (exact) mass is 820 g/mol. The molecule has 1 atom stereocenters. The SMILES string of the molecule is Cc1ccc2c(c1)COC(=O)[N+]2(C1CCN(S(=O)(=O)c2ccc3c(c2)CN(C(=O)C(F)(F)F)CC3)CC1)C1CCN(S(=O)(=O)c2cc([N+](=O)[O-])ccc2C)CC1. The topological polar surface area (TPSA) is 165 Å². The number of hydrogen-bond donors (Lipinski definition) is 0. The number of nitro groups is 1. The Morgan fingerprint density at radius 3 is 2.05 bits per heavy atom. The Hall–Kier alpha value is -4.43. The van der Waals surface area contributed by atoms with Gasteiger partial charge < -0.3 is 9.64 Å². The van der Waals surface area contributed by atoms with E-state index in [1.54, 1.807) is 13.0 Å². The van der Waals surface area contributed by atoms with E-state index in [2.05, 4.69) is 0 Å². The van der Waals surface area contributed by atoms with E-state index in [9.17, 15) is 49.7 Å². The van der Waals surface area contributed by atoms with Gasteiger partial charge in [-0.05, 0) is 55.2 Å². The van der Waals surface area contributed by atoms with Crippen LogP contribution in [0.3, 0.4) is 0 Å². The molecule has 14 nitrogen and oxygen atoms in total. The minimum atomic E-state index is -5.05. The summed E-state index contributed by atoms with van der Waals surface area (Å²) in [5.41, 5.74) is 3.47. The molecule has 0 radical (unpaired) electrons. The summed E-state index contributed by atoms with van der Waals surface area (Å²) >= 11 is 0. The Kier molecular flexibility index (Phi) is 10.3. The van der Waals surface area contributed by atoms with Gasteiger partial charge in [0.15, 0.2) is 0 Å². The van der Waals surface area contributed by atoms with E-state index in [-0.39, 0.29) is 97.9 Å². The first-order chi connectivity index (χ1) is 26.3. The summed E-state index contributed by atoms with van der Waals surface area (Å²) in [5.74, 6) is -1.98. The lowest BCUT2D eigenvalue weighted by Crippen LogP contribution is -2.71. The molecule has 56 heavy (non-hydrogen) atoms. The molecule has 2 fully saturated rings. The third-order valence-electron chi connectivity index (χ3n) is 11.6. The fourth-order valence-corrected chi connectivity index (χ4v) is 12.1. The number of fused-ring (bicyclic) bond motifs is 2. The van der Waals surface area contributed by atoms with Crippen LogP contribution >= 0.6 is 0 Å². The summed E-state index contributed by atoms with van der Waals surface area (Å²) < 4.78 is 103. The maximum absolute atomic E-state index is 14.3. The molecule has 1 unspecified atom stereocenters. The zero-order valence-corrected chi connectivity index (χ0v) is 32.3. The number of halogens is 3. The molecule has 3 aromatic rings. The predicted octanol–water partition coefficient (Wildman–Crippen LogP) is 5.32. The first kappa shape index (κ1) is 39.8. The van der Waals surface area contributed by atoms with Crippen molar-refractivity contribution in [3.8, 4) is 0 Å². The lowest BCUT2D eigenvalue weighted by Gasteiger charge is -2.51. The highest BCUT2D eigenvalue weighted by molar-refractivity contribution is 7.89. The van der Waals surface area contributed by atoms with E-state index < -0.39 is 55.2 Å². The van der Waals surface area contributed by atoms with Crippen LogP contribution in [0.2, 0.25) is 0 Å². The van der Waals surface area contributed by atoms with Crippen molar-refractivity contribution in [1.82, 2.24) is 18.0 Å². The van der Waals surface area contributed by atoms with Crippen LogP contribution in [-0.2, 0) is 49.2 Å². The Morgan fingerprint density at radius 1 is 0.821 bits per heavy atom. The summed E-state index contributed by atoms with van der Waals surface area (Å²) in [7, 11) is -8.27. The number of carbonyl (C=O) groups excluding carboxylic acids is 2. The third-order valence-corrected chi connectivity index (χ3v) is 15.6. The number of hydrogen-bond acceptors (Lipinski definition) is 9. The molecule has 19 heteroatoms. The van der Waals surface area contributed by atoms with Crippen molar-refractivity contribution in [2.24, 2.45) is 0 Å². The molecule has 0 N–H and O–H groups in total. The van der Waals surface area contributed by atoms with Crippen molar-refractivity contribution in [3.05, 3.63) is 92.5 Å². The molecule has 0 bridgehead atoms. The highest BCUT2D eigenvalue weighted by Gasteiger charge is 2.58. The fraction of sp³-hybridized carbons (Fsp3) is 0.459. The quantitative estimate of drug-likeness (QED) is 0.174. The number of ether oxygens (including phenoxy) is 1. The number of alkyl halides is 3. The number of benzene rings is 3. The van der Waals surface area contributed by atoms with E-state index >= 15 is 0 Å². The summed E-state index contributed by atoms with van der Waals surface area (Å²) in [6, 6.07) is 12.9. The van der Waals surface area contributed by atoms with Crippen LogP contribution in [0.25, 0.3) is 0 Å².